The van der Waals surface area contributed by atoms with E-state index in [0.29, 0.717) is 6.10 Å². The van der Waals surface area contributed by atoms with E-state index in [9.17, 15) is 0 Å². The Hall–Kier alpha value is -0.900. The molecule has 3 heteroatoms. The highest BCUT2D eigenvalue weighted by Crippen LogP contribution is 2.19. The monoisotopic (exact) mass is 262 g/mol. The van der Waals surface area contributed by atoms with E-state index in [2.05, 4.69) is 36.9 Å². The highest BCUT2D eigenvalue weighted by molar-refractivity contribution is 5.31. The molecule has 0 bridgehead atoms. The molecule has 19 heavy (non-hydrogen) atoms. The van der Waals surface area contributed by atoms with Crippen LogP contribution in [0, 0.1) is 13.8 Å². The molecule has 0 amide bonds. The van der Waals surface area contributed by atoms with Crippen molar-refractivity contribution in [1.29, 1.82) is 0 Å². The first-order valence-electron chi connectivity index (χ1n) is 7.18. The van der Waals surface area contributed by atoms with Crippen LogP contribution in [0.4, 0.5) is 0 Å². The number of benzene rings is 1. The second-order valence-electron chi connectivity index (χ2n) is 5.71. The van der Waals surface area contributed by atoms with Gasteiger partial charge in [-0.2, -0.15) is 0 Å². The van der Waals surface area contributed by atoms with Crippen molar-refractivity contribution in [1.82, 2.24) is 4.90 Å². The lowest BCUT2D eigenvalue weighted by Gasteiger charge is -2.33. The van der Waals surface area contributed by atoms with Gasteiger partial charge in [0.25, 0.3) is 0 Å². The maximum Gasteiger partial charge on any atom is 0.0698 e. The maximum atomic E-state index is 6.35. The fourth-order valence-electron chi connectivity index (χ4n) is 2.75. The number of ether oxygens (including phenoxy) is 1. The molecule has 3 nitrogen and oxygen atoms in total. The topological polar surface area (TPSA) is 38.5 Å². The van der Waals surface area contributed by atoms with Gasteiger partial charge in [-0.3, -0.25) is 4.90 Å². The third-order valence-corrected chi connectivity index (χ3v) is 4.21. The fourth-order valence-corrected chi connectivity index (χ4v) is 2.75. The number of aryl methyl sites for hydroxylation is 2. The molecule has 0 radical (unpaired) electrons. The third-order valence-electron chi connectivity index (χ3n) is 4.21. The van der Waals surface area contributed by atoms with Gasteiger partial charge in [-0.1, -0.05) is 18.2 Å². The van der Waals surface area contributed by atoms with Crippen molar-refractivity contribution in [2.45, 2.75) is 38.8 Å². The Bertz CT molecular complexity index is 419. The van der Waals surface area contributed by atoms with E-state index in [1.165, 1.54) is 29.5 Å². The van der Waals surface area contributed by atoms with Gasteiger partial charge in [0.15, 0.2) is 0 Å². The molecule has 2 rings (SSSR count). The molecule has 0 spiro atoms. The van der Waals surface area contributed by atoms with Crippen LogP contribution in [0.2, 0.25) is 0 Å². The van der Waals surface area contributed by atoms with Crippen LogP contribution in [-0.4, -0.2) is 37.7 Å². The number of hydrogen-bond donors (Lipinski definition) is 1. The number of piperidine rings is 1. The fraction of sp³-hybridized carbons (Fsp3) is 0.625. The molecule has 2 unspecified atom stereocenters. The predicted molar refractivity (Wildman–Crippen MR) is 79.3 cm³/mol. The third kappa shape index (κ3) is 3.78. The summed E-state index contributed by atoms with van der Waals surface area (Å²) in [6.45, 7) is 7.35. The molecule has 1 aromatic carbocycles. The SMILES string of the molecule is COC1CCCN(CC(N)c2ccc(C)c(C)c2)C1. The lowest BCUT2D eigenvalue weighted by molar-refractivity contribution is 0.0294. The summed E-state index contributed by atoms with van der Waals surface area (Å²) in [7, 11) is 1.80. The number of nitrogens with two attached hydrogens (primary N) is 1. The first-order chi connectivity index (χ1) is 9.10. The highest BCUT2D eigenvalue weighted by Gasteiger charge is 2.21. The van der Waals surface area contributed by atoms with Gasteiger partial charge in [0.1, 0.15) is 0 Å². The van der Waals surface area contributed by atoms with Gasteiger partial charge in [-0.25, -0.2) is 0 Å². The Kier molecular flexibility index (Phi) is 4.97. The molecule has 1 aliphatic heterocycles. The van der Waals surface area contributed by atoms with Gasteiger partial charge in [-0.15, -0.1) is 0 Å². The Labute approximate surface area is 116 Å². The molecule has 106 valence electrons. The zero-order valence-electron chi connectivity index (χ0n) is 12.4. The van der Waals surface area contributed by atoms with Crippen molar-refractivity contribution < 1.29 is 4.74 Å². The summed E-state index contributed by atoms with van der Waals surface area (Å²) in [6.07, 6.45) is 2.75. The Morgan fingerprint density at radius 2 is 2.16 bits per heavy atom. The van der Waals surface area contributed by atoms with E-state index in [1.54, 1.807) is 7.11 Å². The van der Waals surface area contributed by atoms with Crippen molar-refractivity contribution >= 4 is 0 Å². The number of hydrogen-bond acceptors (Lipinski definition) is 3. The van der Waals surface area contributed by atoms with E-state index >= 15 is 0 Å². The smallest absolute Gasteiger partial charge is 0.0698 e. The maximum absolute atomic E-state index is 6.35. The average molecular weight is 262 g/mol. The van der Waals surface area contributed by atoms with E-state index < -0.39 is 0 Å². The summed E-state index contributed by atoms with van der Waals surface area (Å²) in [5.74, 6) is 0. The van der Waals surface area contributed by atoms with Crippen LogP contribution in [-0.2, 0) is 4.74 Å². The van der Waals surface area contributed by atoms with Crippen LogP contribution in [0.25, 0.3) is 0 Å². The molecule has 1 saturated heterocycles. The van der Waals surface area contributed by atoms with Crippen LogP contribution < -0.4 is 5.73 Å². The van der Waals surface area contributed by atoms with Crippen LogP contribution in [0.1, 0.15) is 35.6 Å². The molecule has 0 aromatic heterocycles. The summed E-state index contributed by atoms with van der Waals surface area (Å²) in [6, 6.07) is 6.64. The number of methoxy groups -OCH3 is 1. The minimum absolute atomic E-state index is 0.0925. The second-order valence-corrected chi connectivity index (χ2v) is 5.71. The van der Waals surface area contributed by atoms with Crippen LogP contribution >= 0.6 is 0 Å². The van der Waals surface area contributed by atoms with E-state index in [1.807, 2.05) is 0 Å². The van der Waals surface area contributed by atoms with Crippen molar-refractivity contribution in [2.24, 2.45) is 5.73 Å². The van der Waals surface area contributed by atoms with Crippen molar-refractivity contribution in [3.8, 4) is 0 Å². The van der Waals surface area contributed by atoms with Gasteiger partial charge >= 0.3 is 0 Å². The average Bonchev–Trinajstić information content (AvgIpc) is 2.42. The Morgan fingerprint density at radius 3 is 2.84 bits per heavy atom. The van der Waals surface area contributed by atoms with Crippen molar-refractivity contribution in [3.63, 3.8) is 0 Å². The largest absolute Gasteiger partial charge is 0.380 e. The zero-order chi connectivity index (χ0) is 13.8. The summed E-state index contributed by atoms with van der Waals surface area (Å²) in [4.78, 5) is 2.43. The number of rotatable bonds is 4. The minimum Gasteiger partial charge on any atom is -0.380 e. The first kappa shape index (κ1) is 14.5. The molecule has 1 fully saturated rings. The molecule has 1 aromatic rings. The van der Waals surface area contributed by atoms with Gasteiger partial charge < -0.3 is 10.5 Å². The molecule has 1 aliphatic rings. The number of likely N-dealkylation sites (tertiary alicyclic amines) is 1. The highest BCUT2D eigenvalue weighted by atomic mass is 16.5. The van der Waals surface area contributed by atoms with E-state index in [4.69, 9.17) is 10.5 Å². The lowest BCUT2D eigenvalue weighted by atomic mass is 10.00. The zero-order valence-corrected chi connectivity index (χ0v) is 12.4. The molecular formula is C16H26N2O. The van der Waals surface area contributed by atoms with Crippen LogP contribution in [0.3, 0.4) is 0 Å². The lowest BCUT2D eigenvalue weighted by Crippen LogP contribution is -2.42. The normalized spacial score (nSPS) is 22.4. The number of nitrogens with zero attached hydrogens (tertiary/aromatic N) is 1. The quantitative estimate of drug-likeness (QED) is 0.905. The molecule has 1 heterocycles. The van der Waals surface area contributed by atoms with Gasteiger partial charge in [0.05, 0.1) is 6.10 Å². The molecule has 0 saturated carbocycles. The summed E-state index contributed by atoms with van der Waals surface area (Å²) in [5.41, 5.74) is 10.2. The molecular weight excluding hydrogens is 236 g/mol. The summed E-state index contributed by atoms with van der Waals surface area (Å²) >= 11 is 0. The molecule has 0 aliphatic carbocycles. The predicted octanol–water partition coefficient (Wildman–Crippen LogP) is 2.41. The van der Waals surface area contributed by atoms with Crippen LogP contribution in [0.15, 0.2) is 18.2 Å². The van der Waals surface area contributed by atoms with Crippen molar-refractivity contribution in [3.05, 3.63) is 34.9 Å². The molecule has 2 atom stereocenters. The standard InChI is InChI=1S/C16H26N2O/c1-12-6-7-14(9-13(12)2)16(17)11-18-8-4-5-15(10-18)19-3/h6-7,9,15-16H,4-5,8,10-11,17H2,1-3H3. The van der Waals surface area contributed by atoms with Crippen LogP contribution in [0.5, 0.6) is 0 Å². The van der Waals surface area contributed by atoms with Crippen molar-refractivity contribution in [2.75, 3.05) is 26.7 Å². The van der Waals surface area contributed by atoms with E-state index in [0.717, 1.165) is 19.6 Å². The summed E-state index contributed by atoms with van der Waals surface area (Å²) < 4.78 is 5.46. The Morgan fingerprint density at radius 1 is 1.37 bits per heavy atom. The van der Waals surface area contributed by atoms with Gasteiger partial charge in [0, 0.05) is 26.2 Å². The molecule has 2 N–H and O–H groups in total. The minimum atomic E-state index is 0.0925. The Balaban J connectivity index is 1.96. The van der Waals surface area contributed by atoms with Gasteiger partial charge in [-0.05, 0) is 49.9 Å². The first-order valence-corrected chi connectivity index (χ1v) is 7.18. The van der Waals surface area contributed by atoms with E-state index in [-0.39, 0.29) is 6.04 Å². The second kappa shape index (κ2) is 6.51. The van der Waals surface area contributed by atoms with Gasteiger partial charge in [0.2, 0.25) is 0 Å². The summed E-state index contributed by atoms with van der Waals surface area (Å²) in [5, 5.41) is 0.